The molecule has 0 atom stereocenters. The van der Waals surface area contributed by atoms with E-state index in [0.717, 1.165) is 0 Å². The number of sulfonamides is 1. The molecule has 0 aliphatic carbocycles. The molecule has 0 fully saturated rings. The first-order valence-electron chi connectivity index (χ1n) is 5.65. The molecule has 0 radical (unpaired) electrons. The number of carbonyl (C=O) groups is 1. The number of nitrogens with two attached hydrogens (primary N) is 1. The van der Waals surface area contributed by atoms with Gasteiger partial charge in [-0.05, 0) is 37.6 Å². The number of aryl methyl sites for hydroxylation is 2. The van der Waals surface area contributed by atoms with E-state index in [0.29, 0.717) is 17.0 Å². The SMILES string of the molecule is Cc1cc(C(=O)Nc2ccc(S(N)(=O)=O)c(C)c2)no1. The zero-order valence-electron chi connectivity index (χ0n) is 10.9. The van der Waals surface area contributed by atoms with Crippen molar-refractivity contribution in [3.63, 3.8) is 0 Å². The van der Waals surface area contributed by atoms with Crippen LogP contribution in [0.3, 0.4) is 0 Å². The normalized spacial score (nSPS) is 11.3. The van der Waals surface area contributed by atoms with E-state index in [9.17, 15) is 13.2 Å². The highest BCUT2D eigenvalue weighted by atomic mass is 32.2. The molecule has 0 spiro atoms. The van der Waals surface area contributed by atoms with Crippen molar-refractivity contribution in [1.29, 1.82) is 0 Å². The Morgan fingerprint density at radius 3 is 2.50 bits per heavy atom. The zero-order valence-corrected chi connectivity index (χ0v) is 11.7. The highest BCUT2D eigenvalue weighted by molar-refractivity contribution is 7.89. The van der Waals surface area contributed by atoms with Crippen molar-refractivity contribution in [2.24, 2.45) is 5.14 Å². The molecule has 0 unspecified atom stereocenters. The fraction of sp³-hybridized carbons (Fsp3) is 0.167. The lowest BCUT2D eigenvalue weighted by atomic mass is 10.2. The average molecular weight is 295 g/mol. The first-order valence-corrected chi connectivity index (χ1v) is 7.20. The maximum Gasteiger partial charge on any atom is 0.277 e. The molecule has 1 aromatic carbocycles. The van der Waals surface area contributed by atoms with E-state index < -0.39 is 15.9 Å². The molecule has 0 saturated carbocycles. The van der Waals surface area contributed by atoms with E-state index >= 15 is 0 Å². The van der Waals surface area contributed by atoms with Crippen LogP contribution in [0.5, 0.6) is 0 Å². The van der Waals surface area contributed by atoms with Gasteiger partial charge in [-0.3, -0.25) is 4.79 Å². The predicted molar refractivity (Wildman–Crippen MR) is 71.7 cm³/mol. The number of anilines is 1. The molecule has 8 heteroatoms. The fourth-order valence-corrected chi connectivity index (χ4v) is 2.48. The van der Waals surface area contributed by atoms with Gasteiger partial charge >= 0.3 is 0 Å². The van der Waals surface area contributed by atoms with E-state index in [-0.39, 0.29) is 10.6 Å². The van der Waals surface area contributed by atoms with Crippen LogP contribution < -0.4 is 10.5 Å². The smallest absolute Gasteiger partial charge is 0.277 e. The number of amides is 1. The molecule has 3 N–H and O–H groups in total. The van der Waals surface area contributed by atoms with E-state index in [1.54, 1.807) is 13.8 Å². The monoisotopic (exact) mass is 295 g/mol. The molecule has 106 valence electrons. The summed E-state index contributed by atoms with van der Waals surface area (Å²) in [5.41, 5.74) is 1.04. The molecule has 1 heterocycles. The summed E-state index contributed by atoms with van der Waals surface area (Å²) in [5, 5.41) is 11.2. The summed E-state index contributed by atoms with van der Waals surface area (Å²) >= 11 is 0. The molecule has 20 heavy (non-hydrogen) atoms. The Kier molecular flexibility index (Phi) is 3.60. The minimum absolute atomic E-state index is 0.0211. The van der Waals surface area contributed by atoms with Gasteiger partial charge in [0, 0.05) is 11.8 Å². The van der Waals surface area contributed by atoms with Crippen LogP contribution in [-0.2, 0) is 10.0 Å². The van der Waals surface area contributed by atoms with Crippen LogP contribution in [0.1, 0.15) is 21.8 Å². The molecule has 0 bridgehead atoms. The number of carbonyl (C=O) groups excluding carboxylic acids is 1. The van der Waals surface area contributed by atoms with Gasteiger partial charge in [-0.15, -0.1) is 0 Å². The molecule has 0 aliphatic rings. The van der Waals surface area contributed by atoms with Gasteiger partial charge in [0.1, 0.15) is 5.76 Å². The maximum absolute atomic E-state index is 11.8. The predicted octanol–water partition coefficient (Wildman–Crippen LogP) is 1.19. The highest BCUT2D eigenvalue weighted by Gasteiger charge is 2.14. The van der Waals surface area contributed by atoms with Crippen molar-refractivity contribution in [3.8, 4) is 0 Å². The Bertz CT molecular complexity index is 765. The fourth-order valence-electron chi connectivity index (χ4n) is 1.71. The molecule has 7 nitrogen and oxygen atoms in total. The summed E-state index contributed by atoms with van der Waals surface area (Å²) < 4.78 is 27.4. The van der Waals surface area contributed by atoms with Gasteiger partial charge in [-0.1, -0.05) is 5.16 Å². The van der Waals surface area contributed by atoms with Gasteiger partial charge in [-0.25, -0.2) is 13.6 Å². The lowest BCUT2D eigenvalue weighted by Crippen LogP contribution is -2.15. The minimum atomic E-state index is -3.77. The lowest BCUT2D eigenvalue weighted by Gasteiger charge is -2.07. The Balaban J connectivity index is 2.23. The summed E-state index contributed by atoms with van der Waals surface area (Å²) in [4.78, 5) is 11.9. The number of hydrogen-bond donors (Lipinski definition) is 2. The molecular formula is C12H13N3O4S. The Labute approximate surface area is 115 Å². The Hall–Kier alpha value is -2.19. The number of nitrogens with one attached hydrogen (secondary N) is 1. The second-order valence-electron chi connectivity index (χ2n) is 4.30. The summed E-state index contributed by atoms with van der Waals surface area (Å²) in [6, 6.07) is 5.82. The molecular weight excluding hydrogens is 282 g/mol. The van der Waals surface area contributed by atoms with Crippen molar-refractivity contribution in [1.82, 2.24) is 5.16 Å². The third kappa shape index (κ3) is 3.03. The standard InChI is InChI=1S/C12H13N3O4S/c1-7-5-9(3-4-11(7)20(13,17)18)14-12(16)10-6-8(2)19-15-10/h3-6H,1-2H3,(H,14,16)(H2,13,17,18). The van der Waals surface area contributed by atoms with Crippen LogP contribution in [0.15, 0.2) is 33.7 Å². The summed E-state index contributed by atoms with van der Waals surface area (Å²) in [5.74, 6) is 0.0838. The average Bonchev–Trinajstić information content (AvgIpc) is 2.74. The zero-order chi connectivity index (χ0) is 14.9. The van der Waals surface area contributed by atoms with Gasteiger partial charge in [0.2, 0.25) is 10.0 Å². The third-order valence-electron chi connectivity index (χ3n) is 2.60. The first-order chi connectivity index (χ1) is 9.27. The number of primary sulfonamides is 1. The van der Waals surface area contributed by atoms with Crippen molar-refractivity contribution in [2.75, 3.05) is 5.32 Å². The van der Waals surface area contributed by atoms with Crippen molar-refractivity contribution < 1.29 is 17.7 Å². The van der Waals surface area contributed by atoms with Crippen LogP contribution in [0.25, 0.3) is 0 Å². The van der Waals surface area contributed by atoms with Gasteiger partial charge in [-0.2, -0.15) is 0 Å². The quantitative estimate of drug-likeness (QED) is 0.882. The summed E-state index contributed by atoms with van der Waals surface area (Å²) in [7, 11) is -3.77. The number of hydrogen-bond acceptors (Lipinski definition) is 5. The second-order valence-corrected chi connectivity index (χ2v) is 5.83. The first kappa shape index (κ1) is 14.2. The van der Waals surface area contributed by atoms with E-state index in [1.807, 2.05) is 0 Å². The molecule has 1 amide bonds. The largest absolute Gasteiger partial charge is 0.361 e. The molecule has 1 aromatic heterocycles. The molecule has 2 rings (SSSR count). The van der Waals surface area contributed by atoms with E-state index in [4.69, 9.17) is 9.66 Å². The van der Waals surface area contributed by atoms with Crippen LogP contribution in [0, 0.1) is 13.8 Å². The van der Waals surface area contributed by atoms with Gasteiger partial charge < -0.3 is 9.84 Å². The third-order valence-corrected chi connectivity index (χ3v) is 3.67. The highest BCUT2D eigenvalue weighted by Crippen LogP contribution is 2.19. The Morgan fingerprint density at radius 1 is 1.30 bits per heavy atom. The van der Waals surface area contributed by atoms with Crippen LogP contribution in [0.4, 0.5) is 5.69 Å². The number of aromatic nitrogens is 1. The Morgan fingerprint density at radius 2 is 2.00 bits per heavy atom. The minimum Gasteiger partial charge on any atom is -0.361 e. The maximum atomic E-state index is 11.8. The van der Waals surface area contributed by atoms with Crippen molar-refractivity contribution in [3.05, 3.63) is 41.3 Å². The topological polar surface area (TPSA) is 115 Å². The van der Waals surface area contributed by atoms with Gasteiger partial charge in [0.25, 0.3) is 5.91 Å². The van der Waals surface area contributed by atoms with Gasteiger partial charge in [0.15, 0.2) is 5.69 Å². The summed E-state index contributed by atoms with van der Waals surface area (Å²) in [6.07, 6.45) is 0. The second kappa shape index (κ2) is 5.06. The number of rotatable bonds is 3. The van der Waals surface area contributed by atoms with Crippen molar-refractivity contribution >= 4 is 21.6 Å². The van der Waals surface area contributed by atoms with E-state index in [1.165, 1.54) is 24.3 Å². The lowest BCUT2D eigenvalue weighted by molar-refractivity contribution is 0.101. The number of benzene rings is 1. The number of nitrogens with zero attached hydrogens (tertiary/aromatic N) is 1. The van der Waals surface area contributed by atoms with Gasteiger partial charge in [0.05, 0.1) is 4.90 Å². The van der Waals surface area contributed by atoms with Crippen LogP contribution in [0.2, 0.25) is 0 Å². The molecule has 0 aliphatic heterocycles. The van der Waals surface area contributed by atoms with Crippen LogP contribution >= 0.6 is 0 Å². The van der Waals surface area contributed by atoms with E-state index in [2.05, 4.69) is 10.5 Å². The van der Waals surface area contributed by atoms with Crippen LogP contribution in [-0.4, -0.2) is 19.5 Å². The van der Waals surface area contributed by atoms with Crippen molar-refractivity contribution in [2.45, 2.75) is 18.7 Å². The molecule has 2 aromatic rings. The molecule has 0 saturated heterocycles. The summed E-state index contributed by atoms with van der Waals surface area (Å²) in [6.45, 7) is 3.27.